The molecule has 2 atom stereocenters. The molecular weight excluding hydrogens is 418 g/mol. The van der Waals surface area contributed by atoms with Crippen LogP contribution in [-0.4, -0.2) is 39.6 Å². The zero-order valence-corrected chi connectivity index (χ0v) is 18.8. The highest BCUT2D eigenvalue weighted by atomic mass is 32.2. The van der Waals surface area contributed by atoms with Crippen molar-refractivity contribution < 1.29 is 19.5 Å². The Balaban J connectivity index is 1.96. The standard InChI is InChI=1S/C23H27NO4S2/c1-16-8-10-19(11-9-16)13-29-15-21(23(27)28)24-22(26)20(14-30-17(2)25)12-18-6-4-3-5-7-18/h3-11,20-21H,12-15H2,1-2H3,(H,24,26)(H,27,28)/t20?,21-/m0/s1. The van der Waals surface area contributed by atoms with Crippen LogP contribution in [-0.2, 0) is 26.6 Å². The van der Waals surface area contributed by atoms with Crippen molar-refractivity contribution in [3.05, 3.63) is 71.3 Å². The number of aryl methyl sites for hydroxylation is 1. The number of carboxylic acid groups (broad SMARTS) is 1. The van der Waals surface area contributed by atoms with Crippen LogP contribution in [0.5, 0.6) is 0 Å². The Morgan fingerprint density at radius 1 is 0.967 bits per heavy atom. The Kier molecular flexibility index (Phi) is 9.97. The van der Waals surface area contributed by atoms with E-state index in [1.807, 2.05) is 61.5 Å². The van der Waals surface area contributed by atoms with Crippen LogP contribution in [0.1, 0.15) is 23.6 Å². The van der Waals surface area contributed by atoms with E-state index in [2.05, 4.69) is 5.32 Å². The zero-order chi connectivity index (χ0) is 21.9. The monoisotopic (exact) mass is 445 g/mol. The highest BCUT2D eigenvalue weighted by molar-refractivity contribution is 8.13. The lowest BCUT2D eigenvalue weighted by Crippen LogP contribution is -2.46. The van der Waals surface area contributed by atoms with Crippen LogP contribution in [0.2, 0.25) is 0 Å². The maximum atomic E-state index is 12.8. The lowest BCUT2D eigenvalue weighted by molar-refractivity contribution is -0.141. The van der Waals surface area contributed by atoms with Crippen LogP contribution in [0.25, 0.3) is 0 Å². The molecule has 0 aliphatic rings. The molecule has 0 fully saturated rings. The van der Waals surface area contributed by atoms with E-state index in [0.29, 0.717) is 17.9 Å². The minimum absolute atomic E-state index is 0.0655. The molecule has 0 radical (unpaired) electrons. The van der Waals surface area contributed by atoms with Crippen molar-refractivity contribution >= 4 is 40.5 Å². The number of thioether (sulfide) groups is 2. The number of carbonyl (C=O) groups excluding carboxylic acids is 2. The highest BCUT2D eigenvalue weighted by Gasteiger charge is 2.26. The maximum absolute atomic E-state index is 12.8. The number of hydrogen-bond acceptors (Lipinski definition) is 5. The number of amides is 1. The molecule has 2 rings (SSSR count). The van der Waals surface area contributed by atoms with Gasteiger partial charge in [-0.3, -0.25) is 9.59 Å². The summed E-state index contributed by atoms with van der Waals surface area (Å²) in [5.74, 6) is -0.613. The summed E-state index contributed by atoms with van der Waals surface area (Å²) in [5, 5.41) is 12.2. The van der Waals surface area contributed by atoms with E-state index in [9.17, 15) is 19.5 Å². The summed E-state index contributed by atoms with van der Waals surface area (Å²) < 4.78 is 0. The SMILES string of the molecule is CC(=O)SCC(Cc1ccccc1)C(=O)N[C@@H](CSCc1ccc(C)cc1)C(=O)O. The lowest BCUT2D eigenvalue weighted by Gasteiger charge is -2.20. The quantitative estimate of drug-likeness (QED) is 0.545. The Morgan fingerprint density at radius 2 is 1.63 bits per heavy atom. The van der Waals surface area contributed by atoms with Crippen LogP contribution in [0.15, 0.2) is 54.6 Å². The van der Waals surface area contributed by atoms with Gasteiger partial charge in [0.1, 0.15) is 6.04 Å². The van der Waals surface area contributed by atoms with E-state index in [1.54, 1.807) is 0 Å². The topological polar surface area (TPSA) is 83.5 Å². The number of nitrogens with one attached hydrogen (secondary N) is 1. The van der Waals surface area contributed by atoms with Gasteiger partial charge in [-0.15, -0.1) is 0 Å². The van der Waals surface area contributed by atoms with Gasteiger partial charge in [0.05, 0.1) is 5.92 Å². The van der Waals surface area contributed by atoms with Crippen molar-refractivity contribution in [1.29, 1.82) is 0 Å². The summed E-state index contributed by atoms with van der Waals surface area (Å²) in [6.07, 6.45) is 0.454. The predicted molar refractivity (Wildman–Crippen MR) is 124 cm³/mol. The third-order valence-electron chi connectivity index (χ3n) is 4.47. The number of carboxylic acids is 1. The number of hydrogen-bond donors (Lipinski definition) is 2. The Labute approximate surface area is 186 Å². The van der Waals surface area contributed by atoms with Gasteiger partial charge in [0.25, 0.3) is 0 Å². The van der Waals surface area contributed by atoms with E-state index in [1.165, 1.54) is 24.2 Å². The van der Waals surface area contributed by atoms with Crippen molar-refractivity contribution in [2.24, 2.45) is 5.92 Å². The number of carbonyl (C=O) groups is 3. The zero-order valence-electron chi connectivity index (χ0n) is 17.2. The molecular formula is C23H27NO4S2. The molecule has 2 aromatic rings. The molecule has 1 unspecified atom stereocenters. The Hall–Kier alpha value is -2.25. The second-order valence-electron chi connectivity index (χ2n) is 7.09. The smallest absolute Gasteiger partial charge is 0.327 e. The van der Waals surface area contributed by atoms with Gasteiger partial charge in [-0.25, -0.2) is 4.79 Å². The first-order chi connectivity index (χ1) is 14.3. The molecule has 0 saturated carbocycles. The maximum Gasteiger partial charge on any atom is 0.327 e. The summed E-state index contributed by atoms with van der Waals surface area (Å²) >= 11 is 2.56. The molecule has 0 bridgehead atoms. The fourth-order valence-electron chi connectivity index (χ4n) is 2.79. The van der Waals surface area contributed by atoms with Crippen molar-refractivity contribution in [3.8, 4) is 0 Å². The van der Waals surface area contributed by atoms with Gasteiger partial charge in [-0.1, -0.05) is 71.9 Å². The molecule has 0 aliphatic heterocycles. The second kappa shape index (κ2) is 12.4. The first kappa shape index (κ1) is 24.0. The molecule has 0 aromatic heterocycles. The number of aliphatic carboxylic acids is 1. The molecule has 5 nitrogen and oxygen atoms in total. The molecule has 30 heavy (non-hydrogen) atoms. The largest absolute Gasteiger partial charge is 0.480 e. The summed E-state index contributed by atoms with van der Waals surface area (Å²) in [6.45, 7) is 3.48. The third-order valence-corrected chi connectivity index (χ3v) is 6.55. The average molecular weight is 446 g/mol. The van der Waals surface area contributed by atoms with Gasteiger partial charge in [-0.05, 0) is 24.5 Å². The summed E-state index contributed by atoms with van der Waals surface area (Å²) in [7, 11) is 0. The van der Waals surface area contributed by atoms with Crippen molar-refractivity contribution in [3.63, 3.8) is 0 Å². The van der Waals surface area contributed by atoms with Gasteiger partial charge >= 0.3 is 5.97 Å². The molecule has 0 heterocycles. The van der Waals surface area contributed by atoms with Crippen LogP contribution < -0.4 is 5.32 Å². The van der Waals surface area contributed by atoms with Gasteiger partial charge in [0.2, 0.25) is 5.91 Å². The van der Waals surface area contributed by atoms with Gasteiger partial charge in [0, 0.05) is 24.2 Å². The molecule has 160 valence electrons. The fourth-order valence-corrected chi connectivity index (χ4v) is 4.50. The lowest BCUT2D eigenvalue weighted by atomic mass is 10.00. The Bertz CT molecular complexity index is 840. The minimum atomic E-state index is -1.06. The number of benzene rings is 2. The summed E-state index contributed by atoms with van der Waals surface area (Å²) in [6, 6.07) is 16.6. The number of rotatable bonds is 11. The molecule has 2 N–H and O–H groups in total. The van der Waals surface area contributed by atoms with Crippen LogP contribution in [0, 0.1) is 12.8 Å². The molecule has 1 amide bonds. The van der Waals surface area contributed by atoms with E-state index in [-0.39, 0.29) is 16.8 Å². The second-order valence-corrected chi connectivity index (χ2v) is 9.32. The minimum Gasteiger partial charge on any atom is -0.480 e. The fraction of sp³-hybridized carbons (Fsp3) is 0.348. The molecule has 2 aromatic carbocycles. The van der Waals surface area contributed by atoms with Crippen LogP contribution in [0.3, 0.4) is 0 Å². The predicted octanol–water partition coefficient (Wildman–Crippen LogP) is 3.94. The van der Waals surface area contributed by atoms with Gasteiger partial charge in [0.15, 0.2) is 5.12 Å². The molecule has 0 saturated heterocycles. The first-order valence-electron chi connectivity index (χ1n) is 9.69. The van der Waals surface area contributed by atoms with Crippen molar-refractivity contribution in [1.82, 2.24) is 5.32 Å². The van der Waals surface area contributed by atoms with Crippen molar-refractivity contribution in [2.75, 3.05) is 11.5 Å². The van der Waals surface area contributed by atoms with Crippen LogP contribution in [0.4, 0.5) is 0 Å². The average Bonchev–Trinajstić information content (AvgIpc) is 2.72. The molecule has 0 spiro atoms. The van der Waals surface area contributed by atoms with E-state index >= 15 is 0 Å². The van der Waals surface area contributed by atoms with Gasteiger partial charge in [-0.2, -0.15) is 11.8 Å². The van der Waals surface area contributed by atoms with Crippen LogP contribution >= 0.6 is 23.5 Å². The van der Waals surface area contributed by atoms with Crippen molar-refractivity contribution in [2.45, 2.75) is 32.1 Å². The van der Waals surface area contributed by atoms with Gasteiger partial charge < -0.3 is 10.4 Å². The molecule has 0 aliphatic carbocycles. The summed E-state index contributed by atoms with van der Waals surface area (Å²) in [5.41, 5.74) is 3.26. The van der Waals surface area contributed by atoms with E-state index in [4.69, 9.17) is 0 Å². The third kappa shape index (κ3) is 8.63. The Morgan fingerprint density at radius 3 is 2.23 bits per heavy atom. The normalized spacial score (nSPS) is 12.7. The van der Waals surface area contributed by atoms with E-state index < -0.39 is 17.9 Å². The van der Waals surface area contributed by atoms with E-state index in [0.717, 1.165) is 22.9 Å². The highest BCUT2D eigenvalue weighted by Crippen LogP contribution is 2.18. The molecule has 7 heteroatoms. The summed E-state index contributed by atoms with van der Waals surface area (Å²) in [4.78, 5) is 35.9. The first-order valence-corrected chi connectivity index (χ1v) is 11.8.